The summed E-state index contributed by atoms with van der Waals surface area (Å²) in [5.41, 5.74) is 11.2. The van der Waals surface area contributed by atoms with E-state index in [1.54, 1.807) is 5.19 Å². The van der Waals surface area contributed by atoms with E-state index in [1.165, 1.54) is 80.9 Å². The van der Waals surface area contributed by atoms with Crippen LogP contribution in [0.25, 0.3) is 64.3 Å². The largest absolute Gasteiger partial charge is 0.309 e. The molecule has 1 aromatic heterocycles. The van der Waals surface area contributed by atoms with Crippen LogP contribution in [0.1, 0.15) is 0 Å². The zero-order chi connectivity index (χ0) is 34.1. The molecule has 0 unspecified atom stereocenters. The molecule has 51 heavy (non-hydrogen) atoms. The Kier molecular flexibility index (Phi) is 6.89. The van der Waals surface area contributed by atoms with E-state index < -0.39 is 8.07 Å². The number of anilines is 3. The number of hydrogen-bond acceptors (Lipinski definition) is 2. The van der Waals surface area contributed by atoms with Crippen LogP contribution in [0.3, 0.4) is 0 Å². The summed E-state index contributed by atoms with van der Waals surface area (Å²) in [5.74, 6) is 0. The van der Waals surface area contributed by atoms with E-state index in [0.29, 0.717) is 0 Å². The Labute approximate surface area is 303 Å². The van der Waals surface area contributed by atoms with Crippen molar-refractivity contribution in [2.45, 2.75) is 13.1 Å². The molecule has 1 nitrogen and oxygen atoms in total. The van der Waals surface area contributed by atoms with Crippen molar-refractivity contribution < 1.29 is 0 Å². The van der Waals surface area contributed by atoms with Gasteiger partial charge in [-0.2, -0.15) is 0 Å². The van der Waals surface area contributed by atoms with E-state index in [9.17, 15) is 0 Å². The normalized spacial score (nSPS) is 13.1. The Morgan fingerprint density at radius 2 is 1.12 bits per heavy atom. The number of nitrogens with zero attached hydrogens (tertiary/aromatic N) is 1. The third kappa shape index (κ3) is 4.73. The zero-order valence-electron chi connectivity index (χ0n) is 28.6. The molecule has 0 saturated carbocycles. The molecule has 0 fully saturated rings. The average Bonchev–Trinajstić information content (AvgIpc) is 3.67. The van der Waals surface area contributed by atoms with Crippen molar-refractivity contribution in [1.82, 2.24) is 0 Å². The average molecular weight is 686 g/mol. The first-order valence-corrected chi connectivity index (χ1v) is 21.5. The van der Waals surface area contributed by atoms with Crippen molar-refractivity contribution in [3.8, 4) is 33.4 Å². The zero-order valence-corrected chi connectivity index (χ0v) is 30.4. The maximum Gasteiger partial charge on any atom is 0.114 e. The number of para-hydroxylation sites is 2. The lowest BCUT2D eigenvalue weighted by Crippen LogP contribution is -2.49. The topological polar surface area (TPSA) is 3.24 Å². The Hall–Kier alpha value is -5.74. The van der Waals surface area contributed by atoms with Gasteiger partial charge < -0.3 is 4.90 Å². The van der Waals surface area contributed by atoms with Crippen molar-refractivity contribution in [2.24, 2.45) is 0 Å². The standard InChI is InChI=1S/C48H35NSSi/c1-51(2)45-29-28-40-39-20-10-13-23-44(39)50-48(40)47(45)41-27-26-36(31-46(41)51)49(42-21-11-8-18-37(42)33-15-4-3-5-16-33)43-22-12-9-19-38(43)35-25-24-32-14-6-7-17-34(32)30-35/h3-31H,1-2H3. The molecule has 0 N–H and O–H groups in total. The van der Waals surface area contributed by atoms with Crippen LogP contribution in [0.15, 0.2) is 176 Å². The van der Waals surface area contributed by atoms with E-state index >= 15 is 0 Å². The number of thiophene rings is 1. The van der Waals surface area contributed by atoms with Gasteiger partial charge in [0.05, 0.1) is 11.4 Å². The Morgan fingerprint density at radius 1 is 0.451 bits per heavy atom. The second-order valence-corrected chi connectivity index (χ2v) is 19.5. The molecular formula is C48H35NSSi. The molecule has 242 valence electrons. The smallest absolute Gasteiger partial charge is 0.114 e. The van der Waals surface area contributed by atoms with E-state index in [4.69, 9.17) is 0 Å². The number of benzene rings is 8. The maximum absolute atomic E-state index is 2.53. The van der Waals surface area contributed by atoms with Gasteiger partial charge in [0.1, 0.15) is 8.07 Å². The van der Waals surface area contributed by atoms with Crippen molar-refractivity contribution >= 4 is 77.8 Å². The minimum Gasteiger partial charge on any atom is -0.309 e. The minimum absolute atomic E-state index is 1.16. The summed E-state index contributed by atoms with van der Waals surface area (Å²) < 4.78 is 2.79. The van der Waals surface area contributed by atoms with Crippen LogP contribution >= 0.6 is 11.3 Å². The monoisotopic (exact) mass is 685 g/mol. The van der Waals surface area contributed by atoms with Gasteiger partial charge in [0.2, 0.25) is 0 Å². The molecule has 1 aliphatic rings. The SMILES string of the molecule is C[Si]1(C)c2cc(N(c3ccccc3-c3ccccc3)c3ccccc3-c3ccc4ccccc4c3)ccc2-c2c1ccc1c2sc2ccccc21. The lowest BCUT2D eigenvalue weighted by molar-refractivity contribution is 1.29. The van der Waals surface area contributed by atoms with Gasteiger partial charge in [0.25, 0.3) is 0 Å². The van der Waals surface area contributed by atoms with Crippen molar-refractivity contribution in [3.63, 3.8) is 0 Å². The fourth-order valence-electron chi connectivity index (χ4n) is 8.34. The second kappa shape index (κ2) is 11.7. The molecule has 0 amide bonds. The molecule has 0 atom stereocenters. The highest BCUT2D eigenvalue weighted by atomic mass is 32.1. The quantitative estimate of drug-likeness (QED) is 0.163. The van der Waals surface area contributed by atoms with Gasteiger partial charge in [-0.1, -0.05) is 153 Å². The molecule has 0 bridgehead atoms. The van der Waals surface area contributed by atoms with E-state index in [-0.39, 0.29) is 0 Å². The van der Waals surface area contributed by atoms with Crippen LogP contribution < -0.4 is 15.3 Å². The first kappa shape index (κ1) is 30.1. The van der Waals surface area contributed by atoms with Gasteiger partial charge in [-0.25, -0.2) is 0 Å². The minimum atomic E-state index is -2.03. The Morgan fingerprint density at radius 3 is 1.92 bits per heavy atom. The van der Waals surface area contributed by atoms with Crippen molar-refractivity contribution in [2.75, 3.05) is 4.90 Å². The summed E-state index contributed by atoms with van der Waals surface area (Å²) in [6.45, 7) is 5.07. The van der Waals surface area contributed by atoms with E-state index in [0.717, 1.165) is 5.69 Å². The highest BCUT2D eigenvalue weighted by molar-refractivity contribution is 7.26. The fraction of sp³-hybridized carbons (Fsp3) is 0.0417. The Balaban J connectivity index is 1.22. The molecule has 8 aromatic carbocycles. The van der Waals surface area contributed by atoms with E-state index in [1.807, 2.05) is 11.3 Å². The highest BCUT2D eigenvalue weighted by Gasteiger charge is 2.39. The lowest BCUT2D eigenvalue weighted by Gasteiger charge is -2.31. The van der Waals surface area contributed by atoms with Crippen molar-refractivity contribution in [3.05, 3.63) is 176 Å². The number of fused-ring (bicyclic) bond motifs is 8. The van der Waals surface area contributed by atoms with Crippen molar-refractivity contribution in [1.29, 1.82) is 0 Å². The summed E-state index contributed by atoms with van der Waals surface area (Å²) in [5, 5.41) is 8.28. The van der Waals surface area contributed by atoms with Gasteiger partial charge in [0.15, 0.2) is 0 Å². The van der Waals surface area contributed by atoms with Crippen LogP contribution in [0.5, 0.6) is 0 Å². The van der Waals surface area contributed by atoms with Gasteiger partial charge >= 0.3 is 0 Å². The lowest BCUT2D eigenvalue weighted by atomic mass is 9.97. The predicted octanol–water partition coefficient (Wildman–Crippen LogP) is 12.8. The van der Waals surface area contributed by atoms with Crippen LogP contribution in [-0.2, 0) is 0 Å². The third-order valence-electron chi connectivity index (χ3n) is 10.9. The maximum atomic E-state index is 2.53. The number of rotatable bonds is 5. The molecule has 0 radical (unpaired) electrons. The summed E-state index contributed by atoms with van der Waals surface area (Å²) in [4.78, 5) is 2.51. The molecule has 9 aromatic rings. The molecule has 1 aliphatic heterocycles. The molecule has 0 spiro atoms. The molecule has 0 saturated heterocycles. The fourth-order valence-corrected chi connectivity index (χ4v) is 12.8. The molecule has 3 heteroatoms. The molecule has 0 aliphatic carbocycles. The van der Waals surface area contributed by atoms with E-state index in [2.05, 4.69) is 194 Å². The first-order valence-electron chi connectivity index (χ1n) is 17.7. The molecule has 2 heterocycles. The van der Waals surface area contributed by atoms with Gasteiger partial charge in [-0.05, 0) is 79.8 Å². The molecule has 10 rings (SSSR count). The predicted molar refractivity (Wildman–Crippen MR) is 225 cm³/mol. The van der Waals surface area contributed by atoms with Gasteiger partial charge in [-0.15, -0.1) is 11.3 Å². The van der Waals surface area contributed by atoms with Crippen LogP contribution in [0.4, 0.5) is 17.1 Å². The summed E-state index contributed by atoms with van der Waals surface area (Å²) in [6, 6.07) is 65.1. The first-order chi connectivity index (χ1) is 25.1. The summed E-state index contributed by atoms with van der Waals surface area (Å²) in [7, 11) is -2.03. The van der Waals surface area contributed by atoms with Crippen LogP contribution in [0, 0.1) is 0 Å². The second-order valence-electron chi connectivity index (χ2n) is 14.1. The van der Waals surface area contributed by atoms with Crippen LogP contribution in [0.2, 0.25) is 13.1 Å². The number of hydrogen-bond donors (Lipinski definition) is 0. The summed E-state index contributed by atoms with van der Waals surface area (Å²) in [6.07, 6.45) is 0. The summed E-state index contributed by atoms with van der Waals surface area (Å²) >= 11 is 1.95. The van der Waals surface area contributed by atoms with Crippen LogP contribution in [-0.4, -0.2) is 8.07 Å². The molecular weight excluding hydrogens is 651 g/mol. The highest BCUT2D eigenvalue weighted by Crippen LogP contribution is 2.47. The van der Waals surface area contributed by atoms with Gasteiger partial charge in [-0.3, -0.25) is 0 Å². The Bertz CT molecular complexity index is 2790. The van der Waals surface area contributed by atoms with Gasteiger partial charge in [0, 0.05) is 37.0 Å². The third-order valence-corrected chi connectivity index (χ3v) is 15.6.